The summed E-state index contributed by atoms with van der Waals surface area (Å²) in [5, 5.41) is 18.0. The van der Waals surface area contributed by atoms with Gasteiger partial charge in [0.05, 0.1) is 22.3 Å². The van der Waals surface area contributed by atoms with Crippen LogP contribution in [0.5, 0.6) is 23.0 Å². The van der Waals surface area contributed by atoms with Crippen LogP contribution in [-0.2, 0) is 17.8 Å². The van der Waals surface area contributed by atoms with Crippen LogP contribution in [0, 0.1) is 0 Å². The van der Waals surface area contributed by atoms with E-state index in [2.05, 4.69) is 0 Å². The molecule has 0 radical (unpaired) electrons. The Labute approximate surface area is 265 Å². The van der Waals surface area contributed by atoms with Crippen LogP contribution in [0.15, 0.2) is 84.9 Å². The first-order valence-corrected chi connectivity index (χ1v) is 13.1. The quantitative estimate of drug-likeness (QED) is 0.177. The Hall–Kier alpha value is -5.42. The maximum absolute atomic E-state index is 14.6. The summed E-state index contributed by atoms with van der Waals surface area (Å²) < 4.78 is 179. The molecule has 0 saturated heterocycles. The number of carbonyl (C=O) groups is 2. The van der Waals surface area contributed by atoms with Gasteiger partial charge in [-0.15, -0.1) is 0 Å². The van der Waals surface area contributed by atoms with E-state index in [9.17, 15) is 62.3 Å². The molecular formula is C31H16F12O6. The van der Waals surface area contributed by atoms with Crippen LogP contribution in [0.3, 0.4) is 0 Å². The Morgan fingerprint density at radius 2 is 0.776 bits per heavy atom. The third-order valence-corrected chi connectivity index (χ3v) is 6.94. The van der Waals surface area contributed by atoms with Gasteiger partial charge in [0.15, 0.2) is 0 Å². The number of rotatable bonds is 8. The van der Waals surface area contributed by atoms with E-state index in [1.807, 2.05) is 0 Å². The molecule has 0 atom stereocenters. The first kappa shape index (κ1) is 36.4. The van der Waals surface area contributed by atoms with E-state index >= 15 is 0 Å². The zero-order valence-electron chi connectivity index (χ0n) is 23.6. The number of halogens is 12. The minimum atomic E-state index is -6.14. The Morgan fingerprint density at radius 1 is 0.469 bits per heavy atom. The smallest absolute Gasteiger partial charge is 0.420 e. The van der Waals surface area contributed by atoms with Gasteiger partial charge in [0, 0.05) is 0 Å². The highest BCUT2D eigenvalue weighted by molar-refractivity contribution is 5.88. The van der Waals surface area contributed by atoms with Crippen LogP contribution >= 0.6 is 0 Å². The molecule has 0 spiro atoms. The van der Waals surface area contributed by atoms with Gasteiger partial charge in [-0.1, -0.05) is 24.3 Å². The Bertz CT molecular complexity index is 1720. The standard InChI is InChI=1S/C31H16F12O6/c32-28(33,34)21-13-15(25(44)45)1-11-23(21)48-19-7-3-17(4-8-19)27(30(38,39)40,31(41,42)43)18-5-9-20(10-6-18)49-24-12-2-16(26(46)47)14-22(24)29(35,36)37/h1-14H,(H,44,45)(H,46,47). The lowest BCUT2D eigenvalue weighted by Gasteiger charge is -2.38. The van der Waals surface area contributed by atoms with Crippen molar-refractivity contribution in [1.82, 2.24) is 0 Å². The van der Waals surface area contributed by atoms with E-state index in [1.54, 1.807) is 0 Å². The van der Waals surface area contributed by atoms with Gasteiger partial charge in [-0.2, -0.15) is 52.7 Å². The molecular weight excluding hydrogens is 696 g/mol. The number of hydrogen-bond acceptors (Lipinski definition) is 4. The topological polar surface area (TPSA) is 93.1 Å². The van der Waals surface area contributed by atoms with Crippen LogP contribution in [0.2, 0.25) is 0 Å². The molecule has 6 nitrogen and oxygen atoms in total. The van der Waals surface area contributed by atoms with Crippen LogP contribution in [-0.4, -0.2) is 34.5 Å². The van der Waals surface area contributed by atoms with Gasteiger partial charge in [0.1, 0.15) is 23.0 Å². The third kappa shape index (κ3) is 7.22. The highest BCUT2D eigenvalue weighted by Gasteiger charge is 2.72. The van der Waals surface area contributed by atoms with Crippen molar-refractivity contribution in [2.75, 3.05) is 0 Å². The first-order chi connectivity index (χ1) is 22.5. The van der Waals surface area contributed by atoms with Gasteiger partial charge in [0.25, 0.3) is 0 Å². The van der Waals surface area contributed by atoms with Crippen LogP contribution in [0.25, 0.3) is 0 Å². The molecule has 0 fully saturated rings. The number of alkyl halides is 12. The summed E-state index contributed by atoms with van der Waals surface area (Å²) >= 11 is 0. The number of benzene rings is 4. The lowest BCUT2D eigenvalue weighted by Crippen LogP contribution is -2.54. The zero-order valence-corrected chi connectivity index (χ0v) is 23.6. The normalized spacial score (nSPS) is 12.8. The van der Waals surface area contributed by atoms with Gasteiger partial charge in [-0.25, -0.2) is 9.59 Å². The summed E-state index contributed by atoms with van der Waals surface area (Å²) in [5.74, 6) is -6.79. The van der Waals surface area contributed by atoms with E-state index in [1.165, 1.54) is 0 Å². The van der Waals surface area contributed by atoms with E-state index in [4.69, 9.17) is 19.7 Å². The SMILES string of the molecule is O=C(O)c1ccc(Oc2ccc(C(c3ccc(Oc4ccc(C(=O)O)cc4C(F)(F)F)cc3)(C(F)(F)F)C(F)(F)F)cc2)c(C(F)(F)F)c1. The summed E-state index contributed by atoms with van der Waals surface area (Å²) in [5.41, 5.74) is -12.5. The molecule has 0 amide bonds. The zero-order chi connectivity index (χ0) is 36.7. The fourth-order valence-corrected chi connectivity index (χ4v) is 4.73. The molecule has 0 heterocycles. The maximum Gasteiger partial charge on any atom is 0.420 e. The third-order valence-electron chi connectivity index (χ3n) is 6.94. The fraction of sp³-hybridized carbons (Fsp3) is 0.161. The van der Waals surface area contributed by atoms with E-state index < -0.39 is 98.4 Å². The highest BCUT2D eigenvalue weighted by atomic mass is 19.4. The van der Waals surface area contributed by atoms with Gasteiger partial charge in [0.2, 0.25) is 5.41 Å². The van der Waals surface area contributed by atoms with Crippen molar-refractivity contribution in [2.45, 2.75) is 30.1 Å². The van der Waals surface area contributed by atoms with Crippen molar-refractivity contribution < 1.29 is 82.0 Å². The molecule has 0 unspecified atom stereocenters. The average Bonchev–Trinajstić information content (AvgIpc) is 2.97. The molecule has 0 bridgehead atoms. The molecule has 49 heavy (non-hydrogen) atoms. The molecule has 4 aromatic carbocycles. The summed E-state index contributed by atoms with van der Waals surface area (Å²) in [7, 11) is 0. The number of carboxylic acids is 2. The van der Waals surface area contributed by atoms with Gasteiger partial charge < -0.3 is 19.7 Å². The molecule has 0 aromatic heterocycles. The van der Waals surface area contributed by atoms with Crippen molar-refractivity contribution in [3.05, 3.63) is 118 Å². The Balaban J connectivity index is 1.75. The summed E-state index contributed by atoms with van der Waals surface area (Å²) in [6, 6.07) is 6.30. The number of aromatic carboxylic acids is 2. The summed E-state index contributed by atoms with van der Waals surface area (Å²) in [4.78, 5) is 22.2. The summed E-state index contributed by atoms with van der Waals surface area (Å²) in [6.45, 7) is 0. The fourth-order valence-electron chi connectivity index (χ4n) is 4.73. The molecule has 0 saturated carbocycles. The molecule has 0 aliphatic rings. The Morgan fingerprint density at radius 3 is 1.02 bits per heavy atom. The Kier molecular flexibility index (Phi) is 9.33. The monoisotopic (exact) mass is 712 g/mol. The van der Waals surface area contributed by atoms with Crippen molar-refractivity contribution >= 4 is 11.9 Å². The van der Waals surface area contributed by atoms with E-state index in [-0.39, 0.29) is 12.1 Å². The van der Waals surface area contributed by atoms with E-state index in [0.717, 1.165) is 12.1 Å². The van der Waals surface area contributed by atoms with Crippen LogP contribution < -0.4 is 9.47 Å². The van der Waals surface area contributed by atoms with Crippen molar-refractivity contribution in [3.8, 4) is 23.0 Å². The summed E-state index contributed by atoms with van der Waals surface area (Å²) in [6.07, 6.45) is -22.6. The lowest BCUT2D eigenvalue weighted by molar-refractivity contribution is -0.288. The van der Waals surface area contributed by atoms with Gasteiger partial charge >= 0.3 is 36.6 Å². The van der Waals surface area contributed by atoms with Gasteiger partial charge in [-0.3, -0.25) is 0 Å². The van der Waals surface area contributed by atoms with Gasteiger partial charge in [-0.05, 0) is 71.8 Å². The second kappa shape index (κ2) is 12.6. The lowest BCUT2D eigenvalue weighted by atomic mass is 9.73. The van der Waals surface area contributed by atoms with E-state index in [0.29, 0.717) is 60.7 Å². The number of carboxylic acid groups (broad SMARTS) is 2. The predicted molar refractivity (Wildman–Crippen MR) is 143 cm³/mol. The van der Waals surface area contributed by atoms with Crippen molar-refractivity contribution in [3.63, 3.8) is 0 Å². The molecule has 260 valence electrons. The van der Waals surface area contributed by atoms with Crippen molar-refractivity contribution in [2.24, 2.45) is 0 Å². The molecule has 4 aromatic rings. The second-order valence-electron chi connectivity index (χ2n) is 10.0. The minimum Gasteiger partial charge on any atom is -0.478 e. The molecule has 18 heteroatoms. The average molecular weight is 712 g/mol. The predicted octanol–water partition coefficient (Wildman–Crippen LogP) is 10.1. The number of hydrogen-bond donors (Lipinski definition) is 2. The maximum atomic E-state index is 14.6. The number of ether oxygens (including phenoxy) is 2. The van der Waals surface area contributed by atoms with Crippen molar-refractivity contribution in [1.29, 1.82) is 0 Å². The largest absolute Gasteiger partial charge is 0.478 e. The second-order valence-corrected chi connectivity index (χ2v) is 10.0. The first-order valence-electron chi connectivity index (χ1n) is 13.1. The van der Waals surface area contributed by atoms with Crippen LogP contribution in [0.4, 0.5) is 52.7 Å². The highest BCUT2D eigenvalue weighted by Crippen LogP contribution is 2.56. The molecule has 2 N–H and O–H groups in total. The molecule has 0 aliphatic heterocycles. The molecule has 4 rings (SSSR count). The minimum absolute atomic E-state index is 0.215. The van der Waals surface area contributed by atoms with Crippen LogP contribution in [0.1, 0.15) is 43.0 Å². The molecule has 0 aliphatic carbocycles.